The van der Waals surface area contributed by atoms with Crippen molar-refractivity contribution in [2.24, 2.45) is 0 Å². The highest BCUT2D eigenvalue weighted by molar-refractivity contribution is 5.61. The van der Waals surface area contributed by atoms with Crippen LogP contribution in [0.4, 0.5) is 26.3 Å². The predicted molar refractivity (Wildman–Crippen MR) is 54.5 cm³/mol. The van der Waals surface area contributed by atoms with E-state index in [2.05, 4.69) is 4.98 Å². The van der Waals surface area contributed by atoms with Crippen molar-refractivity contribution in [3.05, 3.63) is 53.5 Å². The molecule has 1 aromatic heterocycles. The molecule has 1 heterocycles. The van der Waals surface area contributed by atoms with Crippen LogP contribution in [-0.2, 0) is 6.18 Å². The Morgan fingerprint density at radius 2 is 1.53 bits per heavy atom. The molecule has 2 aromatic rings. The quantitative estimate of drug-likeness (QED) is 0.712. The van der Waals surface area contributed by atoms with Crippen molar-refractivity contribution in [3.63, 3.8) is 0 Å². The van der Waals surface area contributed by atoms with Gasteiger partial charge in [0.2, 0.25) is 0 Å². The third-order valence-electron chi connectivity index (χ3n) is 2.31. The van der Waals surface area contributed by atoms with E-state index in [0.29, 0.717) is 24.4 Å². The summed E-state index contributed by atoms with van der Waals surface area (Å²) in [6.07, 6.45) is -4.13. The molecule has 1 nitrogen and oxygen atoms in total. The average molecular weight is 277 g/mol. The SMILES string of the molecule is Fc1cc(-c2ncc(F)cc2F)cc(C(F)(F)F)c1. The number of hydrogen-bond donors (Lipinski definition) is 0. The topological polar surface area (TPSA) is 12.9 Å². The Bertz CT molecular complexity index is 620. The summed E-state index contributed by atoms with van der Waals surface area (Å²) >= 11 is 0. The van der Waals surface area contributed by atoms with Crippen LogP contribution in [0.2, 0.25) is 0 Å². The summed E-state index contributed by atoms with van der Waals surface area (Å²) in [4.78, 5) is 3.33. The third kappa shape index (κ3) is 2.86. The lowest BCUT2D eigenvalue weighted by Crippen LogP contribution is -2.06. The van der Waals surface area contributed by atoms with Crippen molar-refractivity contribution in [1.29, 1.82) is 0 Å². The van der Waals surface area contributed by atoms with Crippen LogP contribution in [0.1, 0.15) is 5.56 Å². The van der Waals surface area contributed by atoms with Crippen molar-refractivity contribution < 1.29 is 26.3 Å². The van der Waals surface area contributed by atoms with E-state index in [1.807, 2.05) is 0 Å². The largest absolute Gasteiger partial charge is 0.416 e. The zero-order valence-electron chi connectivity index (χ0n) is 9.10. The summed E-state index contributed by atoms with van der Waals surface area (Å²) in [6, 6.07) is 1.98. The second kappa shape index (κ2) is 4.56. The van der Waals surface area contributed by atoms with Crippen LogP contribution in [0.25, 0.3) is 11.3 Å². The fourth-order valence-electron chi connectivity index (χ4n) is 1.52. The zero-order valence-corrected chi connectivity index (χ0v) is 9.10. The number of benzene rings is 1. The van der Waals surface area contributed by atoms with Gasteiger partial charge in [0.15, 0.2) is 5.82 Å². The van der Waals surface area contributed by atoms with Crippen molar-refractivity contribution in [1.82, 2.24) is 4.98 Å². The number of halogens is 6. The lowest BCUT2D eigenvalue weighted by molar-refractivity contribution is -0.137. The number of hydrogen-bond acceptors (Lipinski definition) is 1. The van der Waals surface area contributed by atoms with Gasteiger partial charge in [-0.05, 0) is 18.2 Å². The molecule has 0 aliphatic heterocycles. The van der Waals surface area contributed by atoms with E-state index in [1.54, 1.807) is 0 Å². The molecule has 0 saturated heterocycles. The summed E-state index contributed by atoms with van der Waals surface area (Å²) < 4.78 is 76.6. The normalized spacial score (nSPS) is 11.7. The number of aromatic nitrogens is 1. The van der Waals surface area contributed by atoms with Crippen molar-refractivity contribution in [3.8, 4) is 11.3 Å². The third-order valence-corrected chi connectivity index (χ3v) is 2.31. The Labute approximate surface area is 103 Å². The first-order chi connectivity index (χ1) is 8.77. The van der Waals surface area contributed by atoms with Crippen molar-refractivity contribution in [2.45, 2.75) is 6.18 Å². The van der Waals surface area contributed by atoms with Crippen LogP contribution in [0, 0.1) is 17.5 Å². The number of nitrogens with zero attached hydrogens (tertiary/aromatic N) is 1. The monoisotopic (exact) mass is 277 g/mol. The maximum absolute atomic E-state index is 13.4. The molecule has 0 aliphatic rings. The standard InChI is InChI=1S/C12H5F6N/c13-8-2-6(1-7(3-8)12(16,17)18)11-10(15)4-9(14)5-19-11/h1-5H. The van der Waals surface area contributed by atoms with E-state index < -0.39 is 40.4 Å². The minimum atomic E-state index is -4.77. The van der Waals surface area contributed by atoms with Crippen LogP contribution in [0.15, 0.2) is 30.5 Å². The fourth-order valence-corrected chi connectivity index (χ4v) is 1.52. The highest BCUT2D eigenvalue weighted by Gasteiger charge is 2.31. The van der Waals surface area contributed by atoms with Gasteiger partial charge in [-0.15, -0.1) is 0 Å². The summed E-state index contributed by atoms with van der Waals surface area (Å²) in [5.74, 6) is -3.33. The Morgan fingerprint density at radius 3 is 2.11 bits per heavy atom. The van der Waals surface area contributed by atoms with E-state index in [9.17, 15) is 26.3 Å². The van der Waals surface area contributed by atoms with Gasteiger partial charge >= 0.3 is 6.18 Å². The molecule has 0 amide bonds. The van der Waals surface area contributed by atoms with Gasteiger partial charge in [-0.2, -0.15) is 13.2 Å². The molecule has 0 spiro atoms. The van der Waals surface area contributed by atoms with Crippen LogP contribution >= 0.6 is 0 Å². The molecule has 0 unspecified atom stereocenters. The van der Waals surface area contributed by atoms with Crippen LogP contribution in [-0.4, -0.2) is 4.98 Å². The molecule has 0 radical (unpaired) electrons. The van der Waals surface area contributed by atoms with Gasteiger partial charge in [-0.1, -0.05) is 0 Å². The highest BCUT2D eigenvalue weighted by Crippen LogP contribution is 2.33. The minimum absolute atomic E-state index is 0.283. The molecule has 7 heteroatoms. The Balaban J connectivity index is 2.59. The average Bonchev–Trinajstić information content (AvgIpc) is 2.26. The Hall–Kier alpha value is -2.05. The van der Waals surface area contributed by atoms with E-state index in [-0.39, 0.29) is 6.07 Å². The molecule has 0 fully saturated rings. The van der Waals surface area contributed by atoms with Crippen LogP contribution < -0.4 is 0 Å². The Kier molecular flexibility index (Phi) is 3.21. The van der Waals surface area contributed by atoms with Gasteiger partial charge in [0.05, 0.1) is 11.8 Å². The van der Waals surface area contributed by atoms with Crippen molar-refractivity contribution in [2.75, 3.05) is 0 Å². The van der Waals surface area contributed by atoms with Gasteiger partial charge in [-0.25, -0.2) is 13.2 Å². The smallest absolute Gasteiger partial charge is 0.250 e. The van der Waals surface area contributed by atoms with E-state index in [4.69, 9.17) is 0 Å². The first-order valence-corrected chi connectivity index (χ1v) is 4.96. The molecule has 0 N–H and O–H groups in total. The van der Waals surface area contributed by atoms with Gasteiger partial charge in [0.1, 0.15) is 17.3 Å². The minimum Gasteiger partial charge on any atom is -0.250 e. The molecule has 0 saturated carbocycles. The Morgan fingerprint density at radius 1 is 0.842 bits per heavy atom. The summed E-state index contributed by atoms with van der Waals surface area (Å²) in [6.45, 7) is 0. The summed E-state index contributed by atoms with van der Waals surface area (Å²) in [7, 11) is 0. The van der Waals surface area contributed by atoms with Crippen molar-refractivity contribution >= 4 is 0 Å². The van der Waals surface area contributed by atoms with Crippen LogP contribution in [0.3, 0.4) is 0 Å². The second-order valence-corrected chi connectivity index (χ2v) is 3.71. The molecule has 100 valence electrons. The summed E-state index contributed by atoms with van der Waals surface area (Å²) in [5, 5.41) is 0. The lowest BCUT2D eigenvalue weighted by Gasteiger charge is -2.09. The number of alkyl halides is 3. The molecule has 1 aromatic carbocycles. The summed E-state index contributed by atoms with van der Waals surface area (Å²) in [5.41, 5.74) is -2.23. The molecule has 19 heavy (non-hydrogen) atoms. The predicted octanol–water partition coefficient (Wildman–Crippen LogP) is 4.18. The van der Waals surface area contributed by atoms with Gasteiger partial charge in [0.25, 0.3) is 0 Å². The van der Waals surface area contributed by atoms with Gasteiger partial charge < -0.3 is 0 Å². The van der Waals surface area contributed by atoms with Gasteiger partial charge in [0, 0.05) is 11.6 Å². The first-order valence-electron chi connectivity index (χ1n) is 4.96. The molecule has 2 rings (SSSR count). The van der Waals surface area contributed by atoms with E-state index in [0.717, 1.165) is 0 Å². The highest BCUT2D eigenvalue weighted by atomic mass is 19.4. The number of pyridine rings is 1. The molecule has 0 atom stereocenters. The fraction of sp³-hybridized carbons (Fsp3) is 0.0833. The number of rotatable bonds is 1. The zero-order chi connectivity index (χ0) is 14.2. The van der Waals surface area contributed by atoms with E-state index >= 15 is 0 Å². The molecule has 0 bridgehead atoms. The van der Waals surface area contributed by atoms with Gasteiger partial charge in [-0.3, -0.25) is 4.98 Å². The molecular formula is C12H5F6N. The van der Waals surface area contributed by atoms with E-state index in [1.165, 1.54) is 0 Å². The molecular weight excluding hydrogens is 272 g/mol. The van der Waals surface area contributed by atoms with Crippen LogP contribution in [0.5, 0.6) is 0 Å². The second-order valence-electron chi connectivity index (χ2n) is 3.71. The maximum Gasteiger partial charge on any atom is 0.416 e. The first kappa shape index (κ1) is 13.4. The maximum atomic E-state index is 13.4. The molecule has 0 aliphatic carbocycles. The lowest BCUT2D eigenvalue weighted by atomic mass is 10.1.